The first-order valence-electron chi connectivity index (χ1n) is 7.10. The van der Waals surface area contributed by atoms with Crippen LogP contribution in [-0.4, -0.2) is 28.3 Å². The van der Waals surface area contributed by atoms with Gasteiger partial charge in [0.1, 0.15) is 0 Å². The molecule has 116 valence electrons. The maximum Gasteiger partial charge on any atom is 0.272 e. The van der Waals surface area contributed by atoms with E-state index in [-0.39, 0.29) is 11.9 Å². The van der Waals surface area contributed by atoms with Gasteiger partial charge in [-0.3, -0.25) is 4.79 Å². The van der Waals surface area contributed by atoms with Crippen LogP contribution in [-0.2, 0) is 0 Å². The largest absolute Gasteiger partial charge is 0.346 e. The van der Waals surface area contributed by atoms with Crippen molar-refractivity contribution >= 4 is 29.1 Å². The summed E-state index contributed by atoms with van der Waals surface area (Å²) in [5.41, 5.74) is 6.79. The standard InChI is InChI=1S/C15H16Cl2N4O/c16-11-4-3-10(7-12(11)17)21-6-5-13(20-21)15(22)19-14(8-18)9-1-2-9/h3-7,9,14H,1-2,8,18H2,(H,19,22). The molecule has 1 heterocycles. The summed E-state index contributed by atoms with van der Waals surface area (Å²) < 4.78 is 1.59. The SMILES string of the molecule is NCC(NC(=O)c1ccn(-c2ccc(Cl)c(Cl)c2)n1)C1CC1. The quantitative estimate of drug-likeness (QED) is 0.880. The van der Waals surface area contributed by atoms with Gasteiger partial charge in [-0.15, -0.1) is 0 Å². The minimum Gasteiger partial charge on any atom is -0.346 e. The van der Waals surface area contributed by atoms with Gasteiger partial charge in [0.05, 0.1) is 15.7 Å². The maximum absolute atomic E-state index is 12.2. The van der Waals surface area contributed by atoms with Gasteiger partial charge < -0.3 is 11.1 Å². The molecule has 0 aliphatic heterocycles. The average Bonchev–Trinajstić information content (AvgIpc) is 3.23. The molecule has 0 bridgehead atoms. The highest BCUT2D eigenvalue weighted by Crippen LogP contribution is 2.32. The summed E-state index contributed by atoms with van der Waals surface area (Å²) in [6, 6.07) is 6.88. The molecule has 0 spiro atoms. The molecule has 1 aromatic heterocycles. The summed E-state index contributed by atoms with van der Waals surface area (Å²) in [6.45, 7) is 0.448. The van der Waals surface area contributed by atoms with Crippen LogP contribution < -0.4 is 11.1 Å². The number of benzene rings is 1. The molecule has 1 saturated carbocycles. The number of nitrogens with zero attached hydrogens (tertiary/aromatic N) is 2. The van der Waals surface area contributed by atoms with Crippen molar-refractivity contribution in [3.05, 3.63) is 46.2 Å². The van der Waals surface area contributed by atoms with E-state index in [1.54, 1.807) is 35.1 Å². The number of carbonyl (C=O) groups is 1. The van der Waals surface area contributed by atoms with Crippen molar-refractivity contribution in [2.45, 2.75) is 18.9 Å². The average molecular weight is 339 g/mol. The lowest BCUT2D eigenvalue weighted by atomic mass is 10.2. The molecule has 1 unspecified atom stereocenters. The predicted octanol–water partition coefficient (Wildman–Crippen LogP) is 2.65. The number of amides is 1. The first-order chi connectivity index (χ1) is 10.6. The van der Waals surface area contributed by atoms with Crippen molar-refractivity contribution in [3.63, 3.8) is 0 Å². The van der Waals surface area contributed by atoms with Crippen LogP contribution in [0.25, 0.3) is 5.69 Å². The zero-order valence-electron chi connectivity index (χ0n) is 11.8. The van der Waals surface area contributed by atoms with E-state index in [9.17, 15) is 4.79 Å². The summed E-state index contributed by atoms with van der Waals surface area (Å²) >= 11 is 11.9. The summed E-state index contributed by atoms with van der Waals surface area (Å²) in [6.07, 6.45) is 3.96. The van der Waals surface area contributed by atoms with E-state index in [1.807, 2.05) is 0 Å². The summed E-state index contributed by atoms with van der Waals surface area (Å²) in [7, 11) is 0. The van der Waals surface area contributed by atoms with E-state index in [0.717, 1.165) is 18.5 Å². The Morgan fingerprint density at radius 3 is 2.77 bits per heavy atom. The lowest BCUT2D eigenvalue weighted by Crippen LogP contribution is -2.41. The number of hydrogen-bond acceptors (Lipinski definition) is 3. The van der Waals surface area contributed by atoms with Gasteiger partial charge in [0.2, 0.25) is 0 Å². The van der Waals surface area contributed by atoms with E-state index in [4.69, 9.17) is 28.9 Å². The fourth-order valence-electron chi connectivity index (χ4n) is 2.33. The van der Waals surface area contributed by atoms with Crippen LogP contribution in [0.5, 0.6) is 0 Å². The van der Waals surface area contributed by atoms with Crippen molar-refractivity contribution in [1.29, 1.82) is 0 Å². The third-order valence-electron chi connectivity index (χ3n) is 3.75. The third-order valence-corrected chi connectivity index (χ3v) is 4.49. The van der Waals surface area contributed by atoms with E-state index >= 15 is 0 Å². The zero-order chi connectivity index (χ0) is 15.7. The number of hydrogen-bond donors (Lipinski definition) is 2. The van der Waals surface area contributed by atoms with Crippen LogP contribution >= 0.6 is 23.2 Å². The Labute approximate surface area is 138 Å². The molecule has 5 nitrogen and oxygen atoms in total. The molecule has 1 aliphatic rings. The van der Waals surface area contributed by atoms with Crippen molar-refractivity contribution in [1.82, 2.24) is 15.1 Å². The number of halogens is 2. The molecule has 1 aliphatic carbocycles. The fourth-order valence-corrected chi connectivity index (χ4v) is 2.62. The number of carbonyl (C=O) groups excluding carboxylic acids is 1. The van der Waals surface area contributed by atoms with Crippen LogP contribution in [0.4, 0.5) is 0 Å². The van der Waals surface area contributed by atoms with Gasteiger partial charge in [-0.25, -0.2) is 4.68 Å². The normalized spacial score (nSPS) is 15.6. The minimum atomic E-state index is -0.207. The van der Waals surface area contributed by atoms with Crippen LogP contribution in [0.1, 0.15) is 23.3 Å². The molecule has 0 saturated heterocycles. The van der Waals surface area contributed by atoms with Gasteiger partial charge in [-0.1, -0.05) is 23.2 Å². The van der Waals surface area contributed by atoms with Crippen LogP contribution in [0.2, 0.25) is 10.0 Å². The van der Waals surface area contributed by atoms with E-state index in [1.165, 1.54) is 0 Å². The number of rotatable bonds is 5. The Morgan fingerprint density at radius 2 is 2.14 bits per heavy atom. The highest BCUT2D eigenvalue weighted by atomic mass is 35.5. The lowest BCUT2D eigenvalue weighted by Gasteiger charge is -2.14. The molecule has 1 aromatic carbocycles. The number of nitrogens with one attached hydrogen (secondary N) is 1. The molecule has 1 atom stereocenters. The highest BCUT2D eigenvalue weighted by Gasteiger charge is 2.31. The Bertz CT molecular complexity index is 697. The molecule has 1 amide bonds. The third kappa shape index (κ3) is 3.27. The van der Waals surface area contributed by atoms with E-state index in [0.29, 0.717) is 28.2 Å². The molecule has 1 fully saturated rings. The summed E-state index contributed by atoms with van der Waals surface area (Å²) in [4.78, 5) is 12.2. The minimum absolute atomic E-state index is 0.0302. The molecular weight excluding hydrogens is 323 g/mol. The van der Waals surface area contributed by atoms with Gasteiger partial charge >= 0.3 is 0 Å². The summed E-state index contributed by atoms with van der Waals surface area (Å²) in [5, 5.41) is 8.14. The molecule has 7 heteroatoms. The van der Waals surface area contributed by atoms with Crippen molar-refractivity contribution in [3.8, 4) is 5.69 Å². The van der Waals surface area contributed by atoms with Gasteiger partial charge in [-0.05, 0) is 43.0 Å². The molecule has 3 N–H and O–H groups in total. The second-order valence-electron chi connectivity index (χ2n) is 5.40. The van der Waals surface area contributed by atoms with Crippen molar-refractivity contribution < 1.29 is 4.79 Å². The van der Waals surface area contributed by atoms with Gasteiger partial charge in [-0.2, -0.15) is 5.10 Å². The van der Waals surface area contributed by atoms with Gasteiger partial charge in [0.25, 0.3) is 5.91 Å². The molecule has 22 heavy (non-hydrogen) atoms. The van der Waals surface area contributed by atoms with Crippen molar-refractivity contribution in [2.75, 3.05) is 6.54 Å². The first-order valence-corrected chi connectivity index (χ1v) is 7.86. The lowest BCUT2D eigenvalue weighted by molar-refractivity contribution is 0.0928. The van der Waals surface area contributed by atoms with Crippen LogP contribution in [0.3, 0.4) is 0 Å². The van der Waals surface area contributed by atoms with Crippen molar-refractivity contribution in [2.24, 2.45) is 11.7 Å². The summed E-state index contributed by atoms with van der Waals surface area (Å²) in [5.74, 6) is 0.298. The monoisotopic (exact) mass is 338 g/mol. The van der Waals surface area contributed by atoms with Gasteiger partial charge in [0, 0.05) is 18.8 Å². The molecular formula is C15H16Cl2N4O. The fraction of sp³-hybridized carbons (Fsp3) is 0.333. The smallest absolute Gasteiger partial charge is 0.272 e. The second kappa shape index (κ2) is 6.28. The Kier molecular flexibility index (Phi) is 4.38. The zero-order valence-corrected chi connectivity index (χ0v) is 13.3. The Morgan fingerprint density at radius 1 is 1.36 bits per heavy atom. The second-order valence-corrected chi connectivity index (χ2v) is 6.21. The molecule has 3 rings (SSSR count). The predicted molar refractivity (Wildman–Crippen MR) is 86.6 cm³/mol. The van der Waals surface area contributed by atoms with Crippen LogP contribution in [0, 0.1) is 5.92 Å². The van der Waals surface area contributed by atoms with E-state index in [2.05, 4.69) is 10.4 Å². The molecule has 2 aromatic rings. The number of aromatic nitrogens is 2. The topological polar surface area (TPSA) is 72.9 Å². The molecule has 0 radical (unpaired) electrons. The Hall–Kier alpha value is -1.56. The first kappa shape index (κ1) is 15.3. The van der Waals surface area contributed by atoms with E-state index < -0.39 is 0 Å². The van der Waals surface area contributed by atoms with Crippen LogP contribution in [0.15, 0.2) is 30.5 Å². The maximum atomic E-state index is 12.2. The Balaban J connectivity index is 1.75. The number of nitrogens with two attached hydrogens (primary N) is 1. The highest BCUT2D eigenvalue weighted by molar-refractivity contribution is 6.42. The van der Waals surface area contributed by atoms with Gasteiger partial charge in [0.15, 0.2) is 5.69 Å².